The Bertz CT molecular complexity index is 1260. The van der Waals surface area contributed by atoms with Crippen LogP contribution in [0, 0.1) is 12.8 Å². The van der Waals surface area contributed by atoms with Crippen LogP contribution in [-0.2, 0) is 4.79 Å². The minimum Gasteiger partial charge on any atom is -0.475 e. The molecule has 0 spiro atoms. The van der Waals surface area contributed by atoms with Gasteiger partial charge in [0.2, 0.25) is 11.8 Å². The Hall–Kier alpha value is -4.08. The number of amides is 1. The number of hydrogen-bond donors (Lipinski definition) is 1. The van der Waals surface area contributed by atoms with Crippen LogP contribution in [0.1, 0.15) is 18.5 Å². The average molecular weight is 459 g/mol. The second kappa shape index (κ2) is 9.82. The first-order valence-corrected chi connectivity index (χ1v) is 11.4. The number of nitrogens with zero attached hydrogens (tertiary/aromatic N) is 7. The molecule has 1 amide bonds. The van der Waals surface area contributed by atoms with Gasteiger partial charge in [0.25, 0.3) is 0 Å². The molecule has 0 radical (unpaired) electrons. The summed E-state index contributed by atoms with van der Waals surface area (Å²) < 4.78 is 7.44. The average Bonchev–Trinajstić information content (AvgIpc) is 3.31. The van der Waals surface area contributed by atoms with Crippen LogP contribution >= 0.6 is 0 Å². The van der Waals surface area contributed by atoms with Gasteiger partial charge in [0.05, 0.1) is 18.2 Å². The highest BCUT2D eigenvalue weighted by Crippen LogP contribution is 2.21. The summed E-state index contributed by atoms with van der Waals surface area (Å²) in [7, 11) is 0. The molecule has 10 heteroatoms. The zero-order valence-electron chi connectivity index (χ0n) is 19.0. The third-order valence-electron chi connectivity index (χ3n) is 5.82. The molecule has 0 aliphatic carbocycles. The highest BCUT2D eigenvalue weighted by Gasteiger charge is 2.26. The molecule has 1 N–H and O–H groups in total. The van der Waals surface area contributed by atoms with E-state index < -0.39 is 0 Å². The minimum absolute atomic E-state index is 0.0296. The molecule has 174 valence electrons. The van der Waals surface area contributed by atoms with Crippen molar-refractivity contribution >= 4 is 17.4 Å². The molecule has 4 heterocycles. The fourth-order valence-electron chi connectivity index (χ4n) is 4.05. The molecule has 10 nitrogen and oxygen atoms in total. The number of carbonyl (C=O) groups excluding carboxylic acids is 1. The van der Waals surface area contributed by atoms with E-state index in [9.17, 15) is 4.79 Å². The number of benzene rings is 1. The summed E-state index contributed by atoms with van der Waals surface area (Å²) in [6, 6.07) is 17.2. The van der Waals surface area contributed by atoms with Crippen LogP contribution in [0.5, 0.6) is 5.88 Å². The summed E-state index contributed by atoms with van der Waals surface area (Å²) in [6.07, 6.45) is 1.80. The largest absolute Gasteiger partial charge is 0.475 e. The monoisotopic (exact) mass is 458 g/mol. The van der Waals surface area contributed by atoms with Gasteiger partial charge in [-0.05, 0) is 38.0 Å². The molecular formula is C24H26N8O2. The Morgan fingerprint density at radius 1 is 1.06 bits per heavy atom. The number of rotatable bonds is 7. The lowest BCUT2D eigenvalue weighted by molar-refractivity contribution is -0.125. The van der Waals surface area contributed by atoms with Gasteiger partial charge < -0.3 is 15.0 Å². The second-order valence-electron chi connectivity index (χ2n) is 8.29. The second-order valence-corrected chi connectivity index (χ2v) is 8.29. The Morgan fingerprint density at radius 2 is 1.94 bits per heavy atom. The highest BCUT2D eigenvalue weighted by molar-refractivity contribution is 5.79. The maximum Gasteiger partial charge on any atom is 0.231 e. The minimum atomic E-state index is -0.0863. The van der Waals surface area contributed by atoms with Crippen molar-refractivity contribution in [3.8, 4) is 17.3 Å². The molecular weight excluding hydrogens is 432 g/mol. The van der Waals surface area contributed by atoms with E-state index in [-0.39, 0.29) is 11.8 Å². The molecule has 1 aliphatic rings. The zero-order valence-corrected chi connectivity index (χ0v) is 19.0. The normalized spacial score (nSPS) is 15.9. The van der Waals surface area contributed by atoms with Gasteiger partial charge in [0, 0.05) is 24.7 Å². The Kier molecular flexibility index (Phi) is 6.28. The number of aryl methyl sites for hydroxylation is 1. The lowest BCUT2D eigenvalue weighted by Gasteiger charge is -2.32. The van der Waals surface area contributed by atoms with Crippen LogP contribution < -0.4 is 15.0 Å². The van der Waals surface area contributed by atoms with Gasteiger partial charge in [0.15, 0.2) is 17.3 Å². The lowest BCUT2D eigenvalue weighted by atomic mass is 9.97. The van der Waals surface area contributed by atoms with Gasteiger partial charge in [-0.1, -0.05) is 30.3 Å². The van der Waals surface area contributed by atoms with Crippen molar-refractivity contribution in [2.45, 2.75) is 19.8 Å². The van der Waals surface area contributed by atoms with Crippen molar-refractivity contribution in [1.29, 1.82) is 0 Å². The number of aromatic nitrogens is 6. The van der Waals surface area contributed by atoms with Gasteiger partial charge >= 0.3 is 0 Å². The van der Waals surface area contributed by atoms with Gasteiger partial charge in [0.1, 0.15) is 6.61 Å². The van der Waals surface area contributed by atoms with Gasteiger partial charge in [-0.2, -0.15) is 9.61 Å². The number of ether oxygens (including phenoxy) is 1. The van der Waals surface area contributed by atoms with Crippen molar-refractivity contribution in [1.82, 2.24) is 35.3 Å². The Morgan fingerprint density at radius 3 is 2.76 bits per heavy atom. The molecule has 1 unspecified atom stereocenters. The first-order valence-electron chi connectivity index (χ1n) is 11.4. The molecule has 34 heavy (non-hydrogen) atoms. The van der Waals surface area contributed by atoms with Crippen molar-refractivity contribution in [2.24, 2.45) is 5.92 Å². The summed E-state index contributed by atoms with van der Waals surface area (Å²) in [5.74, 6) is 1.85. The molecule has 0 saturated carbocycles. The van der Waals surface area contributed by atoms with Crippen molar-refractivity contribution in [3.05, 3.63) is 60.3 Å². The summed E-state index contributed by atoms with van der Waals surface area (Å²) >= 11 is 0. The van der Waals surface area contributed by atoms with E-state index in [1.807, 2.05) is 55.5 Å². The third kappa shape index (κ3) is 4.80. The molecule has 0 bridgehead atoms. The van der Waals surface area contributed by atoms with E-state index in [1.165, 1.54) is 0 Å². The Labute approximate surface area is 197 Å². The fourth-order valence-corrected chi connectivity index (χ4v) is 4.05. The number of nitrogens with one attached hydrogen (secondary N) is 1. The van der Waals surface area contributed by atoms with Crippen LogP contribution in [0.25, 0.3) is 17.0 Å². The first kappa shape index (κ1) is 21.7. The van der Waals surface area contributed by atoms with E-state index in [4.69, 9.17) is 4.74 Å². The van der Waals surface area contributed by atoms with Gasteiger partial charge in [-0.25, -0.2) is 0 Å². The molecule has 5 rings (SSSR count). The van der Waals surface area contributed by atoms with Crippen molar-refractivity contribution < 1.29 is 9.53 Å². The molecule has 1 aliphatic heterocycles. The predicted octanol–water partition coefficient (Wildman–Crippen LogP) is 2.30. The summed E-state index contributed by atoms with van der Waals surface area (Å²) in [5, 5.41) is 24.3. The van der Waals surface area contributed by atoms with E-state index in [0.29, 0.717) is 37.0 Å². The smallest absolute Gasteiger partial charge is 0.231 e. The summed E-state index contributed by atoms with van der Waals surface area (Å²) in [5.41, 5.74) is 2.44. The SMILES string of the molecule is Cc1ccc(N2CCCC(C(=O)NCCOc3ccc4nnc(-c5ccccc5)n4n3)C2)nn1. The molecule has 1 fully saturated rings. The molecule has 1 saturated heterocycles. The van der Waals surface area contributed by atoms with E-state index in [0.717, 1.165) is 36.5 Å². The first-order chi connectivity index (χ1) is 16.7. The van der Waals surface area contributed by atoms with Crippen LogP contribution in [0.4, 0.5) is 5.82 Å². The zero-order chi connectivity index (χ0) is 23.3. The lowest BCUT2D eigenvalue weighted by Crippen LogP contribution is -2.44. The molecule has 4 aromatic rings. The topological polar surface area (TPSA) is 110 Å². The molecule has 1 atom stereocenters. The van der Waals surface area contributed by atoms with Crippen molar-refractivity contribution in [3.63, 3.8) is 0 Å². The highest BCUT2D eigenvalue weighted by atomic mass is 16.5. The Balaban J connectivity index is 1.14. The predicted molar refractivity (Wildman–Crippen MR) is 126 cm³/mol. The number of hydrogen-bond acceptors (Lipinski definition) is 8. The van der Waals surface area contributed by atoms with E-state index in [2.05, 4.69) is 35.7 Å². The number of fused-ring (bicyclic) bond motifs is 1. The van der Waals surface area contributed by atoms with Gasteiger partial charge in [-0.15, -0.1) is 20.4 Å². The number of carbonyl (C=O) groups is 1. The summed E-state index contributed by atoms with van der Waals surface area (Å²) in [4.78, 5) is 14.8. The van der Waals surface area contributed by atoms with Gasteiger partial charge in [-0.3, -0.25) is 4.79 Å². The standard InChI is InChI=1S/C24H26N8O2/c1-17-9-10-20(27-26-17)31-14-5-8-19(16-31)24(33)25-13-15-34-22-12-11-21-28-29-23(32(21)30-22)18-6-3-2-4-7-18/h2-4,6-7,9-12,19H,5,8,13-16H2,1H3,(H,25,33). The maximum atomic E-state index is 12.7. The quantitative estimate of drug-likeness (QED) is 0.420. The number of anilines is 1. The molecule has 3 aromatic heterocycles. The third-order valence-corrected chi connectivity index (χ3v) is 5.82. The maximum absolute atomic E-state index is 12.7. The van der Waals surface area contributed by atoms with Crippen molar-refractivity contribution in [2.75, 3.05) is 31.1 Å². The van der Waals surface area contributed by atoms with Crippen LogP contribution in [0.15, 0.2) is 54.6 Å². The van der Waals surface area contributed by atoms with Crippen LogP contribution in [0.3, 0.4) is 0 Å². The van der Waals surface area contributed by atoms with Crippen LogP contribution in [-0.4, -0.2) is 62.2 Å². The number of piperidine rings is 1. The fraction of sp³-hybridized carbons (Fsp3) is 0.333. The van der Waals surface area contributed by atoms with Crippen LogP contribution in [0.2, 0.25) is 0 Å². The van der Waals surface area contributed by atoms with E-state index >= 15 is 0 Å². The molecule has 1 aromatic carbocycles. The summed E-state index contributed by atoms with van der Waals surface area (Å²) in [6.45, 7) is 4.14. The van der Waals surface area contributed by atoms with E-state index in [1.54, 1.807) is 10.6 Å².